The minimum Gasteiger partial charge on any atom is -0.478 e. The highest BCUT2D eigenvalue weighted by Crippen LogP contribution is 2.22. The quantitative estimate of drug-likeness (QED) is 0.847. The summed E-state index contributed by atoms with van der Waals surface area (Å²) in [4.78, 5) is 25.8. The Morgan fingerprint density at radius 2 is 1.70 bits per heavy atom. The van der Waals surface area contributed by atoms with Gasteiger partial charge < -0.3 is 19.9 Å². The van der Waals surface area contributed by atoms with Crippen LogP contribution < -0.4 is 15.0 Å². The number of nitrogens with zero attached hydrogens (tertiary/aromatic N) is 4. The van der Waals surface area contributed by atoms with Gasteiger partial charge in [0.1, 0.15) is 5.75 Å². The topological polar surface area (TPSA) is 70.6 Å². The average molecular weight is 390 g/mol. The number of amides is 1. The summed E-state index contributed by atoms with van der Waals surface area (Å²) in [5, 5.41) is 3.42. The van der Waals surface area contributed by atoms with E-state index in [9.17, 15) is 4.79 Å². The summed E-state index contributed by atoms with van der Waals surface area (Å²) < 4.78 is 5.80. The van der Waals surface area contributed by atoms with Crippen molar-refractivity contribution >= 4 is 29.1 Å². The van der Waals surface area contributed by atoms with Crippen LogP contribution in [0, 0.1) is 0 Å². The zero-order chi connectivity index (χ0) is 19.4. The average Bonchev–Trinajstić information content (AvgIpc) is 2.65. The van der Waals surface area contributed by atoms with Gasteiger partial charge in [-0.05, 0) is 45.2 Å². The number of hydrogen-bond donors (Lipinski definition) is 1. The number of benzene rings is 1. The minimum absolute atomic E-state index is 0.284. The van der Waals surface area contributed by atoms with Crippen LogP contribution in [0.25, 0.3) is 0 Å². The fourth-order valence-corrected chi connectivity index (χ4v) is 2.81. The van der Waals surface area contributed by atoms with Crippen LogP contribution >= 0.6 is 11.6 Å². The fourth-order valence-electron chi connectivity index (χ4n) is 2.68. The third-order valence-electron chi connectivity index (χ3n) is 4.42. The number of nitrogens with one attached hydrogen (secondary N) is 1. The molecule has 1 N–H and O–H groups in total. The van der Waals surface area contributed by atoms with Crippen LogP contribution in [0.3, 0.4) is 0 Å². The first-order valence-corrected chi connectivity index (χ1v) is 9.23. The lowest BCUT2D eigenvalue weighted by Gasteiger charge is -2.32. The van der Waals surface area contributed by atoms with Crippen molar-refractivity contribution in [3.63, 3.8) is 0 Å². The maximum absolute atomic E-state index is 12.6. The lowest BCUT2D eigenvalue weighted by molar-refractivity contribution is -0.128. The van der Waals surface area contributed by atoms with E-state index < -0.39 is 5.60 Å². The van der Waals surface area contributed by atoms with Crippen LogP contribution in [0.5, 0.6) is 5.75 Å². The second-order valence-electron chi connectivity index (χ2n) is 7.08. The maximum atomic E-state index is 12.6. The Hall–Kier alpha value is -2.38. The van der Waals surface area contributed by atoms with Crippen molar-refractivity contribution in [2.75, 3.05) is 43.4 Å². The zero-order valence-electron chi connectivity index (χ0n) is 15.8. The van der Waals surface area contributed by atoms with E-state index in [1.807, 2.05) is 0 Å². The molecule has 1 saturated heterocycles. The first-order chi connectivity index (χ1) is 12.8. The molecule has 0 unspecified atom stereocenters. The Labute approximate surface area is 164 Å². The second kappa shape index (κ2) is 8.10. The molecule has 3 rings (SSSR count). The second-order valence-corrected chi connectivity index (χ2v) is 7.52. The highest BCUT2D eigenvalue weighted by Gasteiger charge is 2.30. The lowest BCUT2D eigenvalue weighted by atomic mass is 10.1. The highest BCUT2D eigenvalue weighted by atomic mass is 35.5. The van der Waals surface area contributed by atoms with Gasteiger partial charge in [-0.25, -0.2) is 9.97 Å². The van der Waals surface area contributed by atoms with Gasteiger partial charge in [0.05, 0.1) is 18.1 Å². The van der Waals surface area contributed by atoms with Crippen molar-refractivity contribution in [1.82, 2.24) is 14.9 Å². The van der Waals surface area contributed by atoms with E-state index in [2.05, 4.69) is 32.1 Å². The molecule has 0 atom stereocenters. The molecular formula is C19H24ClN5O2. The predicted octanol–water partition coefficient (Wildman–Crippen LogP) is 2.68. The number of hydrogen-bond acceptors (Lipinski definition) is 6. The van der Waals surface area contributed by atoms with Crippen molar-refractivity contribution in [2.24, 2.45) is 0 Å². The molecular weight excluding hydrogens is 366 g/mol. The Morgan fingerprint density at radius 3 is 2.30 bits per heavy atom. The number of anilines is 2. The smallest absolute Gasteiger partial charge is 0.268 e. The summed E-state index contributed by atoms with van der Waals surface area (Å²) in [6, 6.07) is 6.89. The molecule has 0 radical (unpaired) electrons. The Bertz CT molecular complexity index is 772. The van der Waals surface area contributed by atoms with Crippen LogP contribution in [-0.4, -0.2) is 59.6 Å². The molecule has 27 heavy (non-hydrogen) atoms. The van der Waals surface area contributed by atoms with Crippen molar-refractivity contribution < 1.29 is 9.53 Å². The Kier molecular flexibility index (Phi) is 5.82. The van der Waals surface area contributed by atoms with Crippen molar-refractivity contribution in [2.45, 2.75) is 19.4 Å². The van der Waals surface area contributed by atoms with E-state index in [4.69, 9.17) is 16.3 Å². The third-order valence-corrected chi connectivity index (χ3v) is 4.67. The number of carbonyl (C=O) groups excluding carboxylic acids is 1. The molecule has 7 nitrogen and oxygen atoms in total. The molecule has 2 heterocycles. The molecule has 1 aromatic carbocycles. The molecule has 1 aliphatic heterocycles. The van der Waals surface area contributed by atoms with Gasteiger partial charge in [0.25, 0.3) is 5.91 Å². The van der Waals surface area contributed by atoms with Gasteiger partial charge in [0.2, 0.25) is 5.95 Å². The van der Waals surface area contributed by atoms with Gasteiger partial charge in [-0.15, -0.1) is 0 Å². The van der Waals surface area contributed by atoms with Crippen LogP contribution in [0.2, 0.25) is 5.02 Å². The van der Waals surface area contributed by atoms with Gasteiger partial charge in [-0.1, -0.05) is 11.6 Å². The number of halogens is 1. The minimum atomic E-state index is -1.07. The van der Waals surface area contributed by atoms with E-state index in [-0.39, 0.29) is 5.91 Å². The van der Waals surface area contributed by atoms with Gasteiger partial charge in [-0.2, -0.15) is 0 Å². The summed E-state index contributed by atoms with van der Waals surface area (Å²) in [6.45, 7) is 7.16. The molecule has 8 heteroatoms. The summed E-state index contributed by atoms with van der Waals surface area (Å²) in [6.07, 6.45) is 3.24. The van der Waals surface area contributed by atoms with Crippen LogP contribution in [0.15, 0.2) is 36.7 Å². The van der Waals surface area contributed by atoms with Gasteiger partial charge in [0.15, 0.2) is 5.60 Å². The molecule has 1 aliphatic rings. The number of likely N-dealkylation sites (N-methyl/N-ethyl adjacent to an activating group) is 1. The lowest BCUT2D eigenvalue weighted by Crippen LogP contribution is -2.45. The molecule has 144 valence electrons. The Morgan fingerprint density at radius 1 is 1.11 bits per heavy atom. The maximum Gasteiger partial charge on any atom is 0.268 e. The fraction of sp³-hybridized carbons (Fsp3) is 0.421. The van der Waals surface area contributed by atoms with E-state index in [1.165, 1.54) is 0 Å². The molecule has 0 spiro atoms. The summed E-state index contributed by atoms with van der Waals surface area (Å²) in [5.74, 6) is 0.965. The normalized spacial score (nSPS) is 15.5. The van der Waals surface area contributed by atoms with Crippen molar-refractivity contribution in [3.8, 4) is 5.75 Å². The van der Waals surface area contributed by atoms with Crippen LogP contribution in [0.4, 0.5) is 11.6 Å². The van der Waals surface area contributed by atoms with E-state index in [0.29, 0.717) is 22.4 Å². The molecule has 1 aromatic heterocycles. The molecule has 0 bridgehead atoms. The standard InChI is InChI=1S/C19H24ClN5O2/c1-19(2,27-16-6-4-14(20)5-7-16)17(26)23-15-12-21-18(22-13-15)25-10-8-24(3)9-11-25/h4-7,12-13H,8-11H2,1-3H3,(H,23,26). The van der Waals surface area contributed by atoms with Crippen molar-refractivity contribution in [3.05, 3.63) is 41.7 Å². The number of carbonyl (C=O) groups is 1. The summed E-state index contributed by atoms with van der Waals surface area (Å²) >= 11 is 5.87. The molecule has 0 aliphatic carbocycles. The van der Waals surface area contributed by atoms with Crippen LogP contribution in [-0.2, 0) is 4.79 Å². The molecule has 1 amide bonds. The van der Waals surface area contributed by atoms with Crippen molar-refractivity contribution in [1.29, 1.82) is 0 Å². The SMILES string of the molecule is CN1CCN(c2ncc(NC(=O)C(C)(C)Oc3ccc(Cl)cc3)cn2)CC1. The summed E-state index contributed by atoms with van der Waals surface area (Å²) in [7, 11) is 2.10. The predicted molar refractivity (Wildman–Crippen MR) is 107 cm³/mol. The van der Waals surface area contributed by atoms with Crippen LogP contribution in [0.1, 0.15) is 13.8 Å². The Balaban J connectivity index is 1.60. The number of aromatic nitrogens is 2. The van der Waals surface area contributed by atoms with Gasteiger partial charge in [-0.3, -0.25) is 4.79 Å². The van der Waals surface area contributed by atoms with Gasteiger partial charge in [0, 0.05) is 31.2 Å². The first kappa shape index (κ1) is 19.4. The largest absolute Gasteiger partial charge is 0.478 e. The highest BCUT2D eigenvalue weighted by molar-refractivity contribution is 6.30. The van der Waals surface area contributed by atoms with E-state index >= 15 is 0 Å². The molecule has 2 aromatic rings. The summed E-state index contributed by atoms with van der Waals surface area (Å²) in [5.41, 5.74) is -0.533. The number of ether oxygens (including phenoxy) is 1. The third kappa shape index (κ3) is 5.08. The number of rotatable bonds is 5. The van der Waals surface area contributed by atoms with E-state index in [1.54, 1.807) is 50.5 Å². The van der Waals surface area contributed by atoms with E-state index in [0.717, 1.165) is 26.2 Å². The zero-order valence-corrected chi connectivity index (χ0v) is 16.5. The monoisotopic (exact) mass is 389 g/mol. The van der Waals surface area contributed by atoms with Gasteiger partial charge >= 0.3 is 0 Å². The molecule has 0 saturated carbocycles. The molecule has 1 fully saturated rings. The first-order valence-electron chi connectivity index (χ1n) is 8.85. The number of piperazine rings is 1.